The lowest BCUT2D eigenvalue weighted by Crippen LogP contribution is -2.34. The molecule has 1 fully saturated rings. The first kappa shape index (κ1) is 16.3. The highest BCUT2D eigenvalue weighted by Gasteiger charge is 2.30. The molecule has 6 nitrogen and oxygen atoms in total. The van der Waals surface area contributed by atoms with Gasteiger partial charge < -0.3 is 4.42 Å². The van der Waals surface area contributed by atoms with Crippen molar-refractivity contribution in [2.75, 3.05) is 18.6 Å². The van der Waals surface area contributed by atoms with E-state index in [9.17, 15) is 12.8 Å². The molecule has 1 aliphatic heterocycles. The van der Waals surface area contributed by atoms with Crippen molar-refractivity contribution in [2.24, 2.45) is 0 Å². The van der Waals surface area contributed by atoms with Crippen LogP contribution in [0.2, 0.25) is 0 Å². The minimum absolute atomic E-state index is 0.0483. The second kappa shape index (κ2) is 6.14. The Kier molecular flexibility index (Phi) is 4.35. The molecule has 23 heavy (non-hydrogen) atoms. The van der Waals surface area contributed by atoms with E-state index < -0.39 is 9.84 Å². The maximum absolute atomic E-state index is 13.0. The summed E-state index contributed by atoms with van der Waals surface area (Å²) in [4.78, 5) is 2.09. The van der Waals surface area contributed by atoms with Crippen molar-refractivity contribution in [1.29, 1.82) is 0 Å². The van der Waals surface area contributed by atoms with Gasteiger partial charge in [-0.3, -0.25) is 4.90 Å². The van der Waals surface area contributed by atoms with Gasteiger partial charge in [0.05, 0.1) is 18.2 Å². The molecule has 0 amide bonds. The van der Waals surface area contributed by atoms with Crippen LogP contribution in [-0.2, 0) is 16.5 Å². The van der Waals surface area contributed by atoms with Gasteiger partial charge in [-0.15, -0.1) is 5.10 Å². The first-order valence-electron chi connectivity index (χ1n) is 7.08. The van der Waals surface area contributed by atoms with Crippen LogP contribution in [0.15, 0.2) is 28.7 Å². The molecule has 2 aromatic rings. The first-order valence-corrected chi connectivity index (χ1v) is 9.31. The Morgan fingerprint density at radius 3 is 2.74 bits per heavy atom. The molecule has 0 bridgehead atoms. The summed E-state index contributed by atoms with van der Waals surface area (Å²) < 4.78 is 43.0. The van der Waals surface area contributed by atoms with Crippen molar-refractivity contribution in [3.05, 3.63) is 34.9 Å². The zero-order chi connectivity index (χ0) is 16.6. The predicted molar refractivity (Wildman–Crippen MR) is 85.5 cm³/mol. The topological polar surface area (TPSA) is 68.3 Å². The molecule has 124 valence electrons. The highest BCUT2D eigenvalue weighted by atomic mass is 32.2. The van der Waals surface area contributed by atoms with Crippen LogP contribution in [0.3, 0.4) is 0 Å². The van der Waals surface area contributed by atoms with Crippen LogP contribution in [0.25, 0.3) is 11.5 Å². The molecule has 0 spiro atoms. The van der Waals surface area contributed by atoms with Crippen molar-refractivity contribution in [2.45, 2.75) is 19.1 Å². The van der Waals surface area contributed by atoms with Crippen LogP contribution in [0.4, 0.5) is 4.39 Å². The number of nitrogens with zero attached hydrogens (tertiary/aromatic N) is 3. The van der Waals surface area contributed by atoms with E-state index in [2.05, 4.69) is 5.10 Å². The lowest BCUT2D eigenvalue weighted by molar-refractivity contribution is 0.194. The predicted octanol–water partition coefficient (Wildman–Crippen LogP) is 2.09. The van der Waals surface area contributed by atoms with E-state index in [1.165, 1.54) is 16.8 Å². The third-order valence-corrected chi connectivity index (χ3v) is 5.93. The van der Waals surface area contributed by atoms with Gasteiger partial charge in [0, 0.05) is 11.6 Å². The van der Waals surface area contributed by atoms with E-state index in [-0.39, 0.29) is 28.2 Å². The number of rotatable bonds is 4. The quantitative estimate of drug-likeness (QED) is 0.781. The molecule has 1 atom stereocenters. The van der Waals surface area contributed by atoms with E-state index >= 15 is 0 Å². The fraction of sp³-hybridized carbons (Fsp3) is 0.429. The zero-order valence-electron chi connectivity index (χ0n) is 12.5. The third kappa shape index (κ3) is 3.67. The second-order valence-corrected chi connectivity index (χ2v) is 8.21. The molecule has 0 aliphatic carbocycles. The maximum atomic E-state index is 13.0. The molecule has 0 radical (unpaired) electrons. The molecule has 1 aliphatic rings. The normalized spacial score (nSPS) is 20.2. The summed E-state index contributed by atoms with van der Waals surface area (Å²) in [7, 11) is -1.11. The van der Waals surface area contributed by atoms with Gasteiger partial charge in [0.25, 0.3) is 4.84 Å². The Bertz CT molecular complexity index is 858. The number of halogens is 1. The van der Waals surface area contributed by atoms with Crippen molar-refractivity contribution in [3.8, 4) is 11.5 Å². The summed E-state index contributed by atoms with van der Waals surface area (Å²) in [6.45, 7) is 0.337. The Balaban J connectivity index is 1.76. The average Bonchev–Trinajstić information content (AvgIpc) is 3.03. The zero-order valence-corrected chi connectivity index (χ0v) is 14.1. The highest BCUT2D eigenvalue weighted by Crippen LogP contribution is 2.20. The van der Waals surface area contributed by atoms with Gasteiger partial charge in [-0.1, -0.05) is 0 Å². The molecular formula is C14H16FN3O3S2. The average molecular weight is 357 g/mol. The third-order valence-electron chi connectivity index (χ3n) is 3.89. The van der Waals surface area contributed by atoms with Gasteiger partial charge in [-0.05, 0) is 50.0 Å². The Morgan fingerprint density at radius 1 is 1.43 bits per heavy atom. The van der Waals surface area contributed by atoms with Crippen LogP contribution in [0, 0.1) is 10.7 Å². The second-order valence-electron chi connectivity index (χ2n) is 5.63. The number of benzene rings is 1. The molecule has 3 rings (SSSR count). The van der Waals surface area contributed by atoms with Gasteiger partial charge in [0.2, 0.25) is 5.89 Å². The van der Waals surface area contributed by atoms with Crippen LogP contribution in [-0.4, -0.2) is 47.7 Å². The molecular weight excluding hydrogens is 341 g/mol. The van der Waals surface area contributed by atoms with Gasteiger partial charge in [0.15, 0.2) is 9.84 Å². The fourth-order valence-corrected chi connectivity index (χ4v) is 4.54. The van der Waals surface area contributed by atoms with Crippen LogP contribution < -0.4 is 0 Å². The lowest BCUT2D eigenvalue weighted by atomic mass is 10.2. The molecule has 0 N–H and O–H groups in total. The molecule has 1 aromatic heterocycles. The standard InChI is InChI=1S/C14H16FN3O3S2/c1-17(12-6-7-23(19,20)8-12)9-18-14(22)21-13(16-18)10-2-4-11(15)5-3-10/h2-5,12H,6-9H2,1H3/t12-/m0/s1. The molecule has 0 unspecified atom stereocenters. The van der Waals surface area contributed by atoms with Crippen LogP contribution >= 0.6 is 12.2 Å². The molecule has 1 aromatic carbocycles. The van der Waals surface area contributed by atoms with Crippen LogP contribution in [0.1, 0.15) is 6.42 Å². The summed E-state index contributed by atoms with van der Waals surface area (Å²) in [6.07, 6.45) is 0.606. The fourth-order valence-electron chi connectivity index (χ4n) is 2.55. The Morgan fingerprint density at radius 2 is 2.13 bits per heavy atom. The van der Waals surface area contributed by atoms with E-state index in [4.69, 9.17) is 16.6 Å². The molecule has 2 heterocycles. The molecule has 9 heteroatoms. The monoisotopic (exact) mass is 357 g/mol. The summed E-state index contributed by atoms with van der Waals surface area (Å²) >= 11 is 5.15. The van der Waals surface area contributed by atoms with E-state index in [1.54, 1.807) is 12.1 Å². The van der Waals surface area contributed by atoms with Gasteiger partial charge in [-0.25, -0.2) is 17.5 Å². The smallest absolute Gasteiger partial charge is 0.288 e. The van der Waals surface area contributed by atoms with Gasteiger partial charge in [-0.2, -0.15) is 0 Å². The summed E-state index contributed by atoms with van der Waals surface area (Å²) in [5, 5.41) is 4.29. The van der Waals surface area contributed by atoms with Crippen molar-refractivity contribution in [3.63, 3.8) is 0 Å². The molecule has 0 saturated carbocycles. The minimum atomic E-state index is -2.94. The van der Waals surface area contributed by atoms with E-state index in [1.807, 2.05) is 11.9 Å². The van der Waals surface area contributed by atoms with Crippen molar-refractivity contribution >= 4 is 22.1 Å². The van der Waals surface area contributed by atoms with Crippen molar-refractivity contribution in [1.82, 2.24) is 14.7 Å². The largest absolute Gasteiger partial charge is 0.409 e. The number of hydrogen-bond acceptors (Lipinski definition) is 6. The van der Waals surface area contributed by atoms with E-state index in [0.717, 1.165) is 0 Å². The summed E-state index contributed by atoms with van der Waals surface area (Å²) in [5.41, 5.74) is 0.627. The molecule has 1 saturated heterocycles. The highest BCUT2D eigenvalue weighted by molar-refractivity contribution is 7.91. The SMILES string of the molecule is CN(Cn1nc(-c2ccc(F)cc2)oc1=S)[C@H]1CCS(=O)(=O)C1. The minimum Gasteiger partial charge on any atom is -0.409 e. The van der Waals surface area contributed by atoms with Gasteiger partial charge >= 0.3 is 0 Å². The van der Waals surface area contributed by atoms with E-state index in [0.29, 0.717) is 24.5 Å². The van der Waals surface area contributed by atoms with Gasteiger partial charge in [0.1, 0.15) is 5.82 Å². The number of hydrogen-bond donors (Lipinski definition) is 0. The summed E-state index contributed by atoms with van der Waals surface area (Å²) in [6, 6.07) is 5.72. The Labute approximate surface area is 138 Å². The van der Waals surface area contributed by atoms with Crippen molar-refractivity contribution < 1.29 is 17.2 Å². The summed E-state index contributed by atoms with van der Waals surface area (Å²) in [5.74, 6) is 0.336. The first-order chi connectivity index (χ1) is 10.8. The maximum Gasteiger partial charge on any atom is 0.288 e. The van der Waals surface area contributed by atoms with Crippen LogP contribution in [0.5, 0.6) is 0 Å². The Hall–Kier alpha value is -1.58. The number of aromatic nitrogens is 2. The number of sulfone groups is 1. The lowest BCUT2D eigenvalue weighted by Gasteiger charge is -2.22.